The number of aromatic amines is 1. The third-order valence-electron chi connectivity index (χ3n) is 2.56. The van der Waals surface area contributed by atoms with Crippen LogP contribution in [0, 0.1) is 6.92 Å². The van der Waals surface area contributed by atoms with Crippen molar-refractivity contribution in [2.75, 3.05) is 12.8 Å². The van der Waals surface area contributed by atoms with Gasteiger partial charge >= 0.3 is 0 Å². The van der Waals surface area contributed by atoms with Gasteiger partial charge in [0.05, 0.1) is 13.4 Å². The molecule has 1 heterocycles. The Morgan fingerprint density at radius 2 is 2.18 bits per heavy atom. The summed E-state index contributed by atoms with van der Waals surface area (Å²) in [5.74, 6) is 0.789. The molecule has 0 radical (unpaired) electrons. The second-order valence-electron chi connectivity index (χ2n) is 3.68. The third-order valence-corrected chi connectivity index (χ3v) is 2.56. The van der Waals surface area contributed by atoms with E-state index in [2.05, 4.69) is 9.97 Å². The van der Waals surface area contributed by atoms with Gasteiger partial charge in [-0.2, -0.15) is 0 Å². The SMILES string of the molecule is COc1ccc(-c2nc[nH]c(=O)c2N)cc1C. The topological polar surface area (TPSA) is 81.0 Å². The van der Waals surface area contributed by atoms with Crippen LogP contribution >= 0.6 is 0 Å². The lowest BCUT2D eigenvalue weighted by Gasteiger charge is -2.08. The molecule has 88 valence electrons. The average Bonchev–Trinajstić information content (AvgIpc) is 2.32. The molecule has 2 rings (SSSR count). The van der Waals surface area contributed by atoms with E-state index in [-0.39, 0.29) is 11.2 Å². The first-order chi connectivity index (χ1) is 8.13. The molecule has 0 saturated carbocycles. The molecule has 0 unspecified atom stereocenters. The predicted octanol–water partition coefficient (Wildman–Crippen LogP) is 1.34. The molecule has 3 N–H and O–H groups in total. The summed E-state index contributed by atoms with van der Waals surface area (Å²) in [6.07, 6.45) is 1.34. The van der Waals surface area contributed by atoms with Gasteiger partial charge in [0.2, 0.25) is 0 Å². The number of methoxy groups -OCH3 is 1. The fraction of sp³-hybridized carbons (Fsp3) is 0.167. The van der Waals surface area contributed by atoms with Crippen molar-refractivity contribution in [1.82, 2.24) is 9.97 Å². The van der Waals surface area contributed by atoms with Crippen molar-refractivity contribution in [3.63, 3.8) is 0 Å². The number of rotatable bonds is 2. The number of hydrogen-bond donors (Lipinski definition) is 2. The van der Waals surface area contributed by atoms with E-state index < -0.39 is 0 Å². The molecule has 0 saturated heterocycles. The zero-order chi connectivity index (χ0) is 12.4. The fourth-order valence-electron chi connectivity index (χ4n) is 1.67. The molecule has 1 aromatic heterocycles. The smallest absolute Gasteiger partial charge is 0.274 e. The van der Waals surface area contributed by atoms with Crippen LogP contribution in [0.2, 0.25) is 0 Å². The van der Waals surface area contributed by atoms with Crippen molar-refractivity contribution in [3.05, 3.63) is 40.4 Å². The number of nitrogen functional groups attached to an aromatic ring is 1. The summed E-state index contributed by atoms with van der Waals surface area (Å²) in [6, 6.07) is 5.54. The highest BCUT2D eigenvalue weighted by Crippen LogP contribution is 2.26. The first-order valence-electron chi connectivity index (χ1n) is 5.11. The van der Waals surface area contributed by atoms with Crippen LogP contribution in [0.15, 0.2) is 29.3 Å². The number of aryl methyl sites for hydroxylation is 1. The van der Waals surface area contributed by atoms with Gasteiger partial charge in [-0.3, -0.25) is 4.79 Å². The van der Waals surface area contributed by atoms with E-state index in [0.29, 0.717) is 5.69 Å². The van der Waals surface area contributed by atoms with Crippen LogP contribution in [0.5, 0.6) is 5.75 Å². The van der Waals surface area contributed by atoms with Crippen LogP contribution in [0.3, 0.4) is 0 Å². The lowest BCUT2D eigenvalue weighted by Crippen LogP contribution is -2.13. The minimum atomic E-state index is -0.330. The monoisotopic (exact) mass is 231 g/mol. The maximum absolute atomic E-state index is 11.4. The Hall–Kier alpha value is -2.30. The molecule has 0 bridgehead atoms. The van der Waals surface area contributed by atoms with Gasteiger partial charge in [0.25, 0.3) is 5.56 Å². The van der Waals surface area contributed by atoms with Gasteiger partial charge in [-0.25, -0.2) is 4.98 Å². The Kier molecular flexibility index (Phi) is 2.82. The van der Waals surface area contributed by atoms with Crippen molar-refractivity contribution in [2.45, 2.75) is 6.92 Å². The second-order valence-corrected chi connectivity index (χ2v) is 3.68. The highest BCUT2D eigenvalue weighted by Gasteiger charge is 2.08. The molecule has 0 fully saturated rings. The number of nitrogens with one attached hydrogen (secondary N) is 1. The summed E-state index contributed by atoms with van der Waals surface area (Å²) < 4.78 is 5.17. The van der Waals surface area contributed by atoms with Gasteiger partial charge in [0, 0.05) is 5.56 Å². The molecule has 0 aliphatic carbocycles. The summed E-state index contributed by atoms with van der Waals surface area (Å²) in [5, 5.41) is 0. The molecule has 17 heavy (non-hydrogen) atoms. The van der Waals surface area contributed by atoms with Gasteiger partial charge in [-0.1, -0.05) is 0 Å². The minimum Gasteiger partial charge on any atom is -0.496 e. The first kappa shape index (κ1) is 11.2. The summed E-state index contributed by atoms with van der Waals surface area (Å²) in [7, 11) is 1.61. The van der Waals surface area contributed by atoms with Crippen molar-refractivity contribution in [2.24, 2.45) is 0 Å². The molecule has 5 heteroatoms. The maximum Gasteiger partial charge on any atom is 0.274 e. The average molecular weight is 231 g/mol. The Morgan fingerprint density at radius 3 is 2.82 bits per heavy atom. The van der Waals surface area contributed by atoms with Gasteiger partial charge in [0.15, 0.2) is 0 Å². The molecule has 5 nitrogen and oxygen atoms in total. The van der Waals surface area contributed by atoms with Crippen LogP contribution < -0.4 is 16.0 Å². The van der Waals surface area contributed by atoms with Crippen LogP contribution in [0.1, 0.15) is 5.56 Å². The number of aromatic nitrogens is 2. The van der Waals surface area contributed by atoms with Gasteiger partial charge in [0.1, 0.15) is 17.1 Å². The second kappa shape index (κ2) is 4.29. The molecule has 2 aromatic rings. The third kappa shape index (κ3) is 1.99. The van der Waals surface area contributed by atoms with Gasteiger partial charge in [-0.15, -0.1) is 0 Å². The normalized spacial score (nSPS) is 10.2. The number of nitrogens with zero attached hydrogens (tertiary/aromatic N) is 1. The summed E-state index contributed by atoms with van der Waals surface area (Å²) in [5.41, 5.74) is 7.74. The van der Waals surface area contributed by atoms with Crippen molar-refractivity contribution in [1.29, 1.82) is 0 Å². The number of anilines is 1. The molecule has 0 aliphatic heterocycles. The largest absolute Gasteiger partial charge is 0.496 e. The lowest BCUT2D eigenvalue weighted by molar-refractivity contribution is 0.412. The highest BCUT2D eigenvalue weighted by atomic mass is 16.5. The molecular weight excluding hydrogens is 218 g/mol. The van der Waals surface area contributed by atoms with Crippen LogP contribution in [-0.4, -0.2) is 17.1 Å². The standard InChI is InChI=1S/C12H13N3O2/c1-7-5-8(3-4-9(7)17-2)11-10(13)12(16)15-6-14-11/h3-6H,13H2,1-2H3,(H,14,15,16). The number of H-pyrrole nitrogens is 1. The van der Waals surface area contributed by atoms with E-state index in [4.69, 9.17) is 10.5 Å². The Balaban J connectivity index is 2.58. The molecule has 0 aliphatic rings. The van der Waals surface area contributed by atoms with Crippen molar-refractivity contribution >= 4 is 5.69 Å². The minimum absolute atomic E-state index is 0.122. The Morgan fingerprint density at radius 1 is 1.41 bits per heavy atom. The zero-order valence-corrected chi connectivity index (χ0v) is 9.65. The van der Waals surface area contributed by atoms with E-state index >= 15 is 0 Å². The fourth-order valence-corrected chi connectivity index (χ4v) is 1.67. The quantitative estimate of drug-likeness (QED) is 0.817. The van der Waals surface area contributed by atoms with Crippen LogP contribution in [0.25, 0.3) is 11.3 Å². The Bertz CT molecular complexity index is 605. The van der Waals surface area contributed by atoms with Crippen molar-refractivity contribution < 1.29 is 4.74 Å². The summed E-state index contributed by atoms with van der Waals surface area (Å²) in [4.78, 5) is 17.9. The highest BCUT2D eigenvalue weighted by molar-refractivity contribution is 5.72. The van der Waals surface area contributed by atoms with E-state index in [9.17, 15) is 4.79 Å². The predicted molar refractivity (Wildman–Crippen MR) is 66.0 cm³/mol. The maximum atomic E-state index is 11.4. The molecule has 0 atom stereocenters. The number of hydrogen-bond acceptors (Lipinski definition) is 4. The van der Waals surface area contributed by atoms with Crippen LogP contribution in [-0.2, 0) is 0 Å². The van der Waals surface area contributed by atoms with Gasteiger partial charge in [-0.05, 0) is 30.7 Å². The lowest BCUT2D eigenvalue weighted by atomic mass is 10.1. The van der Waals surface area contributed by atoms with E-state index in [1.165, 1.54) is 6.33 Å². The number of nitrogens with two attached hydrogens (primary N) is 1. The first-order valence-corrected chi connectivity index (χ1v) is 5.11. The number of benzene rings is 1. The molecule has 1 aromatic carbocycles. The van der Waals surface area contributed by atoms with E-state index in [0.717, 1.165) is 16.9 Å². The molecule has 0 spiro atoms. The van der Waals surface area contributed by atoms with Gasteiger partial charge < -0.3 is 15.5 Å². The zero-order valence-electron chi connectivity index (χ0n) is 9.65. The molecule has 0 amide bonds. The Labute approximate surface area is 98.3 Å². The summed E-state index contributed by atoms with van der Waals surface area (Å²) >= 11 is 0. The van der Waals surface area contributed by atoms with Crippen LogP contribution in [0.4, 0.5) is 5.69 Å². The number of ether oxygens (including phenoxy) is 1. The van der Waals surface area contributed by atoms with E-state index in [1.807, 2.05) is 25.1 Å². The summed E-state index contributed by atoms with van der Waals surface area (Å²) in [6.45, 7) is 1.92. The van der Waals surface area contributed by atoms with Crippen molar-refractivity contribution in [3.8, 4) is 17.0 Å². The molecular formula is C12H13N3O2. The van der Waals surface area contributed by atoms with E-state index in [1.54, 1.807) is 7.11 Å².